The minimum Gasteiger partial charge on any atom is -0.396 e. The lowest BCUT2D eigenvalue weighted by Crippen LogP contribution is -2.56. The third-order valence-corrected chi connectivity index (χ3v) is 3.88. The van der Waals surface area contributed by atoms with Gasteiger partial charge in [-0.1, -0.05) is 17.7 Å². The van der Waals surface area contributed by atoms with Crippen molar-refractivity contribution in [1.29, 1.82) is 0 Å². The number of piperazine rings is 1. The number of nitrogens with one attached hydrogen (secondary N) is 1. The molecule has 3 heteroatoms. The molecule has 2 unspecified atom stereocenters. The molecule has 0 bridgehead atoms. The van der Waals surface area contributed by atoms with E-state index in [9.17, 15) is 0 Å². The Morgan fingerprint density at radius 3 is 2.42 bits per heavy atom. The second kappa shape index (κ2) is 5.93. The number of benzene rings is 1. The van der Waals surface area contributed by atoms with Gasteiger partial charge in [0.1, 0.15) is 0 Å². The highest BCUT2D eigenvalue weighted by atomic mass is 16.3. The summed E-state index contributed by atoms with van der Waals surface area (Å²) in [6.45, 7) is 11.0. The van der Waals surface area contributed by atoms with Crippen LogP contribution in [-0.2, 0) is 0 Å². The van der Waals surface area contributed by atoms with Crippen LogP contribution in [0.5, 0.6) is 0 Å². The molecule has 0 saturated carbocycles. The maximum Gasteiger partial charge on any atom is 0.0446 e. The van der Waals surface area contributed by atoms with Crippen LogP contribution < -0.4 is 10.2 Å². The van der Waals surface area contributed by atoms with Crippen LogP contribution in [0.4, 0.5) is 5.69 Å². The number of anilines is 1. The minimum absolute atomic E-state index is 0.254. The normalized spacial score (nSPS) is 23.7. The summed E-state index contributed by atoms with van der Waals surface area (Å²) in [5.41, 5.74) is 5.42. The van der Waals surface area contributed by atoms with E-state index in [1.807, 2.05) is 0 Å². The molecule has 0 aliphatic carbocycles. The van der Waals surface area contributed by atoms with E-state index < -0.39 is 0 Å². The zero-order valence-corrected chi connectivity index (χ0v) is 12.5. The largest absolute Gasteiger partial charge is 0.396 e. The lowest BCUT2D eigenvalue weighted by molar-refractivity contribution is 0.250. The van der Waals surface area contributed by atoms with Gasteiger partial charge in [0.05, 0.1) is 0 Å². The third kappa shape index (κ3) is 3.28. The van der Waals surface area contributed by atoms with Crippen LogP contribution in [0, 0.1) is 20.8 Å². The highest BCUT2D eigenvalue weighted by Gasteiger charge is 2.25. The van der Waals surface area contributed by atoms with Crippen molar-refractivity contribution < 1.29 is 5.11 Å². The molecule has 0 spiro atoms. The molecule has 2 N–H and O–H groups in total. The van der Waals surface area contributed by atoms with Crippen LogP contribution >= 0.6 is 0 Å². The number of aliphatic hydroxyl groups excluding tert-OH is 1. The van der Waals surface area contributed by atoms with Gasteiger partial charge in [-0.2, -0.15) is 0 Å². The minimum atomic E-state index is 0.254. The molecule has 19 heavy (non-hydrogen) atoms. The van der Waals surface area contributed by atoms with Gasteiger partial charge in [0.2, 0.25) is 0 Å². The molecule has 1 aromatic carbocycles. The molecule has 1 aromatic rings. The Balaban J connectivity index is 2.25. The van der Waals surface area contributed by atoms with Gasteiger partial charge in [-0.25, -0.2) is 0 Å². The van der Waals surface area contributed by atoms with Crippen LogP contribution in [-0.4, -0.2) is 36.9 Å². The molecule has 0 amide bonds. The summed E-state index contributed by atoms with van der Waals surface area (Å²) >= 11 is 0. The molecule has 1 heterocycles. The average Bonchev–Trinajstić information content (AvgIpc) is 2.26. The molecule has 0 aromatic heterocycles. The monoisotopic (exact) mass is 262 g/mol. The second-order valence-corrected chi connectivity index (χ2v) is 5.93. The zero-order chi connectivity index (χ0) is 14.0. The summed E-state index contributed by atoms with van der Waals surface area (Å²) in [4.78, 5) is 2.48. The standard InChI is InChI=1S/C16H26N2O/c1-11-7-12(2)16(13(3)8-11)18-9-14(4)17-15(10-18)5-6-19/h7-8,14-15,17,19H,5-6,9-10H2,1-4H3. The van der Waals surface area contributed by atoms with E-state index in [4.69, 9.17) is 5.11 Å². The Kier molecular flexibility index (Phi) is 4.48. The maximum absolute atomic E-state index is 9.15. The van der Waals surface area contributed by atoms with Gasteiger partial charge in [-0.3, -0.25) is 0 Å². The lowest BCUT2D eigenvalue weighted by Gasteiger charge is -2.40. The van der Waals surface area contributed by atoms with Crippen LogP contribution in [0.3, 0.4) is 0 Å². The number of aryl methyl sites for hydroxylation is 3. The van der Waals surface area contributed by atoms with Crippen molar-refractivity contribution in [3.63, 3.8) is 0 Å². The van der Waals surface area contributed by atoms with Gasteiger partial charge in [0.25, 0.3) is 0 Å². The van der Waals surface area contributed by atoms with Gasteiger partial charge >= 0.3 is 0 Å². The Morgan fingerprint density at radius 2 is 1.84 bits per heavy atom. The number of aliphatic hydroxyl groups is 1. The summed E-state index contributed by atoms with van der Waals surface area (Å²) < 4.78 is 0. The van der Waals surface area contributed by atoms with Gasteiger partial charge in [0.15, 0.2) is 0 Å². The fourth-order valence-electron chi connectivity index (χ4n) is 3.36. The zero-order valence-electron chi connectivity index (χ0n) is 12.5. The van der Waals surface area contributed by atoms with Gasteiger partial charge in [0, 0.05) is 37.5 Å². The van der Waals surface area contributed by atoms with Gasteiger partial charge in [-0.05, 0) is 45.2 Å². The number of hydrogen-bond acceptors (Lipinski definition) is 3. The Morgan fingerprint density at radius 1 is 1.21 bits per heavy atom. The van der Waals surface area contributed by atoms with Crippen molar-refractivity contribution >= 4 is 5.69 Å². The molecule has 1 aliphatic heterocycles. The smallest absolute Gasteiger partial charge is 0.0446 e. The fourth-order valence-corrected chi connectivity index (χ4v) is 3.36. The van der Waals surface area contributed by atoms with Crippen molar-refractivity contribution in [2.75, 3.05) is 24.6 Å². The summed E-state index contributed by atoms with van der Waals surface area (Å²) in [5.74, 6) is 0. The summed E-state index contributed by atoms with van der Waals surface area (Å²) in [6, 6.07) is 5.37. The van der Waals surface area contributed by atoms with E-state index in [1.165, 1.54) is 22.4 Å². The first-order chi connectivity index (χ1) is 9.01. The van der Waals surface area contributed by atoms with E-state index in [0.29, 0.717) is 12.1 Å². The predicted octanol–water partition coefficient (Wildman–Crippen LogP) is 2.16. The molecule has 0 radical (unpaired) electrons. The summed E-state index contributed by atoms with van der Waals surface area (Å²) in [6.07, 6.45) is 0.824. The first-order valence-electron chi connectivity index (χ1n) is 7.21. The molecule has 1 aliphatic rings. The molecule has 1 saturated heterocycles. The first kappa shape index (κ1) is 14.4. The third-order valence-electron chi connectivity index (χ3n) is 3.88. The lowest BCUT2D eigenvalue weighted by atomic mass is 10.0. The highest BCUT2D eigenvalue weighted by molar-refractivity contribution is 5.60. The summed E-state index contributed by atoms with van der Waals surface area (Å²) in [5, 5.41) is 12.7. The Bertz CT molecular complexity index is 421. The van der Waals surface area contributed by atoms with E-state index in [0.717, 1.165) is 19.5 Å². The van der Waals surface area contributed by atoms with Crippen molar-refractivity contribution in [3.05, 3.63) is 28.8 Å². The van der Waals surface area contributed by atoms with E-state index in [1.54, 1.807) is 0 Å². The number of nitrogens with zero attached hydrogens (tertiary/aromatic N) is 1. The average molecular weight is 262 g/mol. The number of rotatable bonds is 3. The molecule has 3 nitrogen and oxygen atoms in total. The van der Waals surface area contributed by atoms with Crippen LogP contribution in [0.15, 0.2) is 12.1 Å². The summed E-state index contributed by atoms with van der Waals surface area (Å²) in [7, 11) is 0. The molecular formula is C16H26N2O. The molecule has 106 valence electrons. The maximum atomic E-state index is 9.15. The Labute approximate surface area is 116 Å². The molecule has 2 rings (SSSR count). The van der Waals surface area contributed by atoms with Crippen molar-refractivity contribution in [1.82, 2.24) is 5.32 Å². The molecule has 2 atom stereocenters. The quantitative estimate of drug-likeness (QED) is 0.876. The highest BCUT2D eigenvalue weighted by Crippen LogP contribution is 2.28. The predicted molar refractivity (Wildman–Crippen MR) is 81.0 cm³/mol. The van der Waals surface area contributed by atoms with E-state index in [-0.39, 0.29) is 6.61 Å². The fraction of sp³-hybridized carbons (Fsp3) is 0.625. The first-order valence-corrected chi connectivity index (χ1v) is 7.21. The SMILES string of the molecule is Cc1cc(C)c(N2CC(C)NC(CCO)C2)c(C)c1. The van der Waals surface area contributed by atoms with E-state index in [2.05, 4.69) is 50.0 Å². The van der Waals surface area contributed by atoms with Crippen LogP contribution in [0.25, 0.3) is 0 Å². The van der Waals surface area contributed by atoms with Crippen molar-refractivity contribution in [3.8, 4) is 0 Å². The molecule has 1 fully saturated rings. The van der Waals surface area contributed by atoms with Crippen LogP contribution in [0.2, 0.25) is 0 Å². The van der Waals surface area contributed by atoms with Gasteiger partial charge in [-0.15, -0.1) is 0 Å². The van der Waals surface area contributed by atoms with Gasteiger partial charge < -0.3 is 15.3 Å². The second-order valence-electron chi connectivity index (χ2n) is 5.93. The topological polar surface area (TPSA) is 35.5 Å². The van der Waals surface area contributed by atoms with Crippen molar-refractivity contribution in [2.45, 2.75) is 46.2 Å². The van der Waals surface area contributed by atoms with Crippen LogP contribution in [0.1, 0.15) is 30.0 Å². The number of hydrogen-bond donors (Lipinski definition) is 2. The molecular weight excluding hydrogens is 236 g/mol. The van der Waals surface area contributed by atoms with E-state index >= 15 is 0 Å². The Hall–Kier alpha value is -1.06. The van der Waals surface area contributed by atoms with Crippen molar-refractivity contribution in [2.24, 2.45) is 0 Å².